The zero-order valence-corrected chi connectivity index (χ0v) is 10.9. The highest BCUT2D eigenvalue weighted by molar-refractivity contribution is 6.00. The number of para-hydroxylation sites is 1. The van der Waals surface area contributed by atoms with Gasteiger partial charge < -0.3 is 15.8 Å². The number of rotatable bonds is 5. The highest BCUT2D eigenvalue weighted by atomic mass is 16.5. The number of nitrogens with one attached hydrogen (secondary N) is 1. The van der Waals surface area contributed by atoms with Crippen LogP contribution in [0.3, 0.4) is 0 Å². The number of esters is 1. The molecule has 1 atom stereocenters. The van der Waals surface area contributed by atoms with E-state index in [9.17, 15) is 9.59 Å². The van der Waals surface area contributed by atoms with Crippen molar-refractivity contribution in [2.75, 3.05) is 12.8 Å². The predicted molar refractivity (Wildman–Crippen MR) is 71.5 cm³/mol. The molecule has 0 bridgehead atoms. The van der Waals surface area contributed by atoms with Gasteiger partial charge in [0, 0.05) is 5.69 Å². The summed E-state index contributed by atoms with van der Waals surface area (Å²) in [5.41, 5.74) is 6.52. The second kappa shape index (κ2) is 5.73. The summed E-state index contributed by atoms with van der Waals surface area (Å²) in [6.45, 7) is 0. The molecular weight excluding hydrogens is 244 g/mol. The van der Waals surface area contributed by atoms with Crippen molar-refractivity contribution in [2.24, 2.45) is 5.92 Å². The minimum Gasteiger partial charge on any atom is -0.467 e. The molecule has 102 valence electrons. The normalized spacial score (nSPS) is 15.6. The quantitative estimate of drug-likeness (QED) is 0.619. The summed E-state index contributed by atoms with van der Waals surface area (Å²) in [6.07, 6.45) is 2.85. The first-order valence-electron chi connectivity index (χ1n) is 6.35. The predicted octanol–water partition coefficient (Wildman–Crippen LogP) is 1.34. The molecule has 19 heavy (non-hydrogen) atoms. The lowest BCUT2D eigenvalue weighted by atomic mass is 10.1. The molecule has 1 saturated carbocycles. The molecule has 0 saturated heterocycles. The summed E-state index contributed by atoms with van der Waals surface area (Å²) in [7, 11) is 1.32. The molecule has 0 aliphatic heterocycles. The maximum Gasteiger partial charge on any atom is 0.328 e. The van der Waals surface area contributed by atoms with Gasteiger partial charge in [0.05, 0.1) is 12.7 Å². The number of anilines is 1. The molecule has 3 N–H and O–H groups in total. The molecular formula is C14H18N2O3. The molecule has 1 aliphatic rings. The summed E-state index contributed by atoms with van der Waals surface area (Å²) in [6, 6.07) is 6.19. The molecule has 2 rings (SSSR count). The number of nitrogens with two attached hydrogens (primary N) is 1. The number of benzene rings is 1. The average molecular weight is 262 g/mol. The van der Waals surface area contributed by atoms with Gasteiger partial charge in [0.2, 0.25) is 0 Å². The molecule has 1 fully saturated rings. The Kier molecular flexibility index (Phi) is 4.04. The molecule has 0 spiro atoms. The van der Waals surface area contributed by atoms with Crippen molar-refractivity contribution in [1.29, 1.82) is 0 Å². The molecule has 1 aromatic carbocycles. The summed E-state index contributed by atoms with van der Waals surface area (Å²) in [5, 5.41) is 2.70. The number of methoxy groups -OCH3 is 1. The summed E-state index contributed by atoms with van der Waals surface area (Å²) < 4.78 is 4.72. The zero-order chi connectivity index (χ0) is 13.8. The van der Waals surface area contributed by atoms with Gasteiger partial charge >= 0.3 is 5.97 Å². The van der Waals surface area contributed by atoms with Crippen LogP contribution in [-0.2, 0) is 9.53 Å². The largest absolute Gasteiger partial charge is 0.467 e. The van der Waals surface area contributed by atoms with Crippen LogP contribution in [0.15, 0.2) is 24.3 Å². The molecule has 1 unspecified atom stereocenters. The van der Waals surface area contributed by atoms with Gasteiger partial charge in [0.25, 0.3) is 5.91 Å². The third-order valence-corrected chi connectivity index (χ3v) is 3.26. The van der Waals surface area contributed by atoms with Gasteiger partial charge in [0.1, 0.15) is 6.04 Å². The highest BCUT2D eigenvalue weighted by Crippen LogP contribution is 2.33. The maximum atomic E-state index is 12.1. The number of carbonyl (C=O) groups excluding carboxylic acids is 2. The monoisotopic (exact) mass is 262 g/mol. The Morgan fingerprint density at radius 1 is 1.42 bits per heavy atom. The second-order valence-corrected chi connectivity index (χ2v) is 4.82. The lowest BCUT2D eigenvalue weighted by molar-refractivity contribution is -0.143. The van der Waals surface area contributed by atoms with E-state index in [0.29, 0.717) is 23.6 Å². The molecule has 1 aromatic rings. The van der Waals surface area contributed by atoms with Crippen molar-refractivity contribution in [3.8, 4) is 0 Å². The van der Waals surface area contributed by atoms with Crippen molar-refractivity contribution in [3.05, 3.63) is 29.8 Å². The highest BCUT2D eigenvalue weighted by Gasteiger charge is 2.31. The molecule has 0 heterocycles. The number of carbonyl (C=O) groups is 2. The number of ether oxygens (including phenoxy) is 1. The molecule has 0 aromatic heterocycles. The molecule has 5 heteroatoms. The molecule has 1 amide bonds. The number of nitrogen functional groups attached to an aromatic ring is 1. The molecule has 5 nitrogen and oxygen atoms in total. The molecule has 1 aliphatic carbocycles. The Balaban J connectivity index is 2.05. The summed E-state index contributed by atoms with van der Waals surface area (Å²) >= 11 is 0. The minimum atomic E-state index is -0.593. The van der Waals surface area contributed by atoms with Crippen LogP contribution in [0.2, 0.25) is 0 Å². The lowest BCUT2D eigenvalue weighted by Crippen LogP contribution is -2.42. The van der Waals surface area contributed by atoms with E-state index >= 15 is 0 Å². The Labute approximate surface area is 112 Å². The van der Waals surface area contributed by atoms with Crippen LogP contribution in [-0.4, -0.2) is 25.0 Å². The number of hydrogen-bond donors (Lipinski definition) is 2. The first kappa shape index (κ1) is 13.4. The van der Waals surface area contributed by atoms with Crippen LogP contribution in [0.1, 0.15) is 29.6 Å². The summed E-state index contributed by atoms with van der Waals surface area (Å²) in [4.78, 5) is 23.8. The standard InChI is InChI=1S/C14H18N2O3/c1-19-14(18)12(8-9-6-7-9)16-13(17)10-4-2-3-5-11(10)15/h2-5,9,12H,6-8,15H2,1H3,(H,16,17). The smallest absolute Gasteiger partial charge is 0.328 e. The molecule has 0 radical (unpaired) electrons. The first-order chi connectivity index (χ1) is 9.11. The van der Waals surface area contributed by atoms with E-state index in [0.717, 1.165) is 12.8 Å². The van der Waals surface area contributed by atoms with Crippen molar-refractivity contribution >= 4 is 17.6 Å². The van der Waals surface area contributed by atoms with Gasteiger partial charge in [-0.15, -0.1) is 0 Å². The van der Waals surface area contributed by atoms with Crippen LogP contribution in [0.5, 0.6) is 0 Å². The average Bonchev–Trinajstić information content (AvgIpc) is 3.21. The zero-order valence-electron chi connectivity index (χ0n) is 10.9. The summed E-state index contributed by atoms with van der Waals surface area (Å²) in [5.74, 6) is -0.235. The van der Waals surface area contributed by atoms with E-state index in [1.165, 1.54) is 7.11 Å². The van der Waals surface area contributed by atoms with Crippen LogP contribution in [0.25, 0.3) is 0 Å². The Bertz CT molecular complexity index is 483. The van der Waals surface area contributed by atoms with E-state index < -0.39 is 12.0 Å². The van der Waals surface area contributed by atoms with Crippen molar-refractivity contribution in [2.45, 2.75) is 25.3 Å². The van der Waals surface area contributed by atoms with Crippen LogP contribution < -0.4 is 11.1 Å². The van der Waals surface area contributed by atoms with E-state index in [2.05, 4.69) is 5.32 Å². The maximum absolute atomic E-state index is 12.1. The van der Waals surface area contributed by atoms with Crippen LogP contribution >= 0.6 is 0 Å². The van der Waals surface area contributed by atoms with Crippen LogP contribution in [0.4, 0.5) is 5.69 Å². The van der Waals surface area contributed by atoms with Crippen molar-refractivity contribution in [3.63, 3.8) is 0 Å². The van der Waals surface area contributed by atoms with Gasteiger partial charge in [-0.25, -0.2) is 4.79 Å². The van der Waals surface area contributed by atoms with Crippen molar-refractivity contribution < 1.29 is 14.3 Å². The van der Waals surface area contributed by atoms with E-state index in [1.54, 1.807) is 24.3 Å². The van der Waals surface area contributed by atoms with Gasteiger partial charge in [-0.2, -0.15) is 0 Å². The Morgan fingerprint density at radius 2 is 2.11 bits per heavy atom. The Hall–Kier alpha value is -2.04. The SMILES string of the molecule is COC(=O)C(CC1CC1)NC(=O)c1ccccc1N. The number of hydrogen-bond acceptors (Lipinski definition) is 4. The van der Waals surface area contributed by atoms with Crippen LogP contribution in [0, 0.1) is 5.92 Å². The van der Waals surface area contributed by atoms with Gasteiger partial charge in [0.15, 0.2) is 0 Å². The van der Waals surface area contributed by atoms with E-state index in [4.69, 9.17) is 10.5 Å². The third kappa shape index (κ3) is 3.47. The fourth-order valence-corrected chi connectivity index (χ4v) is 1.98. The van der Waals surface area contributed by atoms with E-state index in [-0.39, 0.29) is 5.91 Å². The second-order valence-electron chi connectivity index (χ2n) is 4.82. The first-order valence-corrected chi connectivity index (χ1v) is 6.35. The van der Waals surface area contributed by atoms with Gasteiger partial charge in [-0.05, 0) is 24.5 Å². The minimum absolute atomic E-state index is 0.339. The van der Waals surface area contributed by atoms with Crippen molar-refractivity contribution in [1.82, 2.24) is 5.32 Å². The Morgan fingerprint density at radius 3 is 2.68 bits per heavy atom. The third-order valence-electron chi connectivity index (χ3n) is 3.26. The number of amides is 1. The topological polar surface area (TPSA) is 81.4 Å². The lowest BCUT2D eigenvalue weighted by Gasteiger charge is -2.16. The fraction of sp³-hybridized carbons (Fsp3) is 0.429. The van der Waals surface area contributed by atoms with E-state index in [1.807, 2.05) is 0 Å². The van der Waals surface area contributed by atoms with Gasteiger partial charge in [-0.1, -0.05) is 25.0 Å². The van der Waals surface area contributed by atoms with Gasteiger partial charge in [-0.3, -0.25) is 4.79 Å². The fourth-order valence-electron chi connectivity index (χ4n) is 1.98.